The van der Waals surface area contributed by atoms with Crippen molar-refractivity contribution in [1.82, 2.24) is 0 Å². The molecule has 0 saturated carbocycles. The number of rotatable bonds is 8. The van der Waals surface area contributed by atoms with Crippen LogP contribution in [0.4, 0.5) is 21.0 Å². The number of carbonyl (C=O) groups excluding carboxylic acids is 2. The number of alkyl halides is 2. The average Bonchev–Trinajstić information content (AvgIpc) is 2.52. The van der Waals surface area contributed by atoms with Crippen LogP contribution in [-0.2, 0) is 9.47 Å². The van der Waals surface area contributed by atoms with E-state index in [1.807, 2.05) is 0 Å². The fraction of sp³-hybridized carbons (Fsp3) is 0.467. The molecule has 0 aliphatic rings. The first kappa shape index (κ1) is 19.4. The highest BCUT2D eigenvalue weighted by atomic mass is 35.5. The molecule has 0 heterocycles. The zero-order chi connectivity index (χ0) is 17.1. The Balaban J connectivity index is 2.59. The summed E-state index contributed by atoms with van der Waals surface area (Å²) in [6.07, 6.45) is 0.0352. The lowest BCUT2D eigenvalue weighted by molar-refractivity contribution is 0.161. The van der Waals surface area contributed by atoms with Crippen molar-refractivity contribution in [2.45, 2.75) is 19.8 Å². The highest BCUT2D eigenvalue weighted by molar-refractivity contribution is 6.18. The SMILES string of the molecule is Cc1c(NC(=O)OCCCCl)cccc1NC(=O)OCCCCl. The largest absolute Gasteiger partial charge is 0.449 e. The van der Waals surface area contributed by atoms with Crippen LogP contribution in [-0.4, -0.2) is 37.2 Å². The number of nitrogens with one attached hydrogen (secondary N) is 2. The van der Waals surface area contributed by atoms with Gasteiger partial charge in [-0.3, -0.25) is 10.6 Å². The van der Waals surface area contributed by atoms with Gasteiger partial charge in [0.05, 0.1) is 13.2 Å². The minimum atomic E-state index is -0.569. The second-order valence-electron chi connectivity index (χ2n) is 4.59. The number of ether oxygens (including phenoxy) is 2. The van der Waals surface area contributed by atoms with Crippen molar-refractivity contribution in [3.63, 3.8) is 0 Å². The number of halogens is 2. The van der Waals surface area contributed by atoms with Gasteiger partial charge in [-0.15, -0.1) is 23.2 Å². The maximum absolute atomic E-state index is 11.6. The number of hydrogen-bond donors (Lipinski definition) is 2. The molecule has 2 amide bonds. The maximum atomic E-state index is 11.6. The van der Waals surface area contributed by atoms with Gasteiger partial charge in [0.2, 0.25) is 0 Å². The Labute approximate surface area is 145 Å². The molecule has 0 aliphatic carbocycles. The molecule has 8 heteroatoms. The van der Waals surface area contributed by atoms with Crippen molar-refractivity contribution in [2.24, 2.45) is 0 Å². The van der Waals surface area contributed by atoms with Gasteiger partial charge < -0.3 is 9.47 Å². The summed E-state index contributed by atoms with van der Waals surface area (Å²) >= 11 is 11.0. The van der Waals surface area contributed by atoms with Crippen LogP contribution in [0.5, 0.6) is 0 Å². The minimum Gasteiger partial charge on any atom is -0.449 e. The molecule has 0 aliphatic heterocycles. The van der Waals surface area contributed by atoms with E-state index in [9.17, 15) is 9.59 Å². The standard InChI is InChI=1S/C15H20Cl2N2O4/c1-11-12(18-14(20)22-9-3-7-16)5-2-6-13(11)19-15(21)23-10-4-8-17/h2,5-6H,3-4,7-10H2,1H3,(H,18,20)(H,19,21). The van der Waals surface area contributed by atoms with Gasteiger partial charge in [-0.2, -0.15) is 0 Å². The van der Waals surface area contributed by atoms with Crippen LogP contribution in [0.3, 0.4) is 0 Å². The molecule has 0 unspecified atom stereocenters. The molecule has 6 nitrogen and oxygen atoms in total. The van der Waals surface area contributed by atoms with Crippen molar-refractivity contribution in [3.05, 3.63) is 23.8 Å². The molecule has 128 valence electrons. The molecule has 0 saturated heterocycles. The van der Waals surface area contributed by atoms with Crippen LogP contribution in [0, 0.1) is 6.92 Å². The van der Waals surface area contributed by atoms with Gasteiger partial charge >= 0.3 is 12.2 Å². The van der Waals surface area contributed by atoms with E-state index in [2.05, 4.69) is 10.6 Å². The Morgan fingerprint density at radius 3 is 1.78 bits per heavy atom. The number of amides is 2. The molecule has 0 aromatic heterocycles. The zero-order valence-corrected chi connectivity index (χ0v) is 14.4. The Bertz CT molecular complexity index is 484. The molecule has 1 aromatic carbocycles. The quantitative estimate of drug-likeness (QED) is 0.532. The zero-order valence-electron chi connectivity index (χ0n) is 12.9. The molecule has 1 aromatic rings. The summed E-state index contributed by atoms with van der Waals surface area (Å²) in [5, 5.41) is 5.24. The highest BCUT2D eigenvalue weighted by Crippen LogP contribution is 2.23. The number of anilines is 2. The third-order valence-electron chi connectivity index (χ3n) is 2.83. The van der Waals surface area contributed by atoms with E-state index in [0.717, 1.165) is 0 Å². The molecule has 0 radical (unpaired) electrons. The molecular formula is C15H20Cl2N2O4. The van der Waals surface area contributed by atoms with Crippen molar-refractivity contribution < 1.29 is 19.1 Å². The van der Waals surface area contributed by atoms with Crippen molar-refractivity contribution >= 4 is 46.8 Å². The minimum absolute atomic E-state index is 0.249. The summed E-state index contributed by atoms with van der Waals surface area (Å²) in [5.41, 5.74) is 1.77. The van der Waals surface area contributed by atoms with Gasteiger partial charge in [0.15, 0.2) is 0 Å². The molecule has 0 atom stereocenters. The Kier molecular flexibility index (Phi) is 9.24. The van der Waals surface area contributed by atoms with E-state index in [-0.39, 0.29) is 13.2 Å². The fourth-order valence-electron chi connectivity index (χ4n) is 1.64. The van der Waals surface area contributed by atoms with Crippen LogP contribution in [0.25, 0.3) is 0 Å². The van der Waals surface area contributed by atoms with Crippen LogP contribution < -0.4 is 10.6 Å². The van der Waals surface area contributed by atoms with E-state index < -0.39 is 12.2 Å². The summed E-state index contributed by atoms with van der Waals surface area (Å²) in [7, 11) is 0. The summed E-state index contributed by atoms with van der Waals surface area (Å²) in [5.74, 6) is 0.856. The number of benzene rings is 1. The van der Waals surface area contributed by atoms with Crippen LogP contribution in [0.15, 0.2) is 18.2 Å². The van der Waals surface area contributed by atoms with E-state index in [4.69, 9.17) is 32.7 Å². The first-order valence-electron chi connectivity index (χ1n) is 7.17. The predicted molar refractivity (Wildman–Crippen MR) is 91.8 cm³/mol. The molecule has 1 rings (SSSR count). The highest BCUT2D eigenvalue weighted by Gasteiger charge is 2.11. The predicted octanol–water partition coefficient (Wildman–Crippen LogP) is 4.35. The molecule has 0 spiro atoms. The van der Waals surface area contributed by atoms with Crippen LogP contribution in [0.1, 0.15) is 18.4 Å². The van der Waals surface area contributed by atoms with Gasteiger partial charge in [0, 0.05) is 23.1 Å². The van der Waals surface area contributed by atoms with Crippen LogP contribution in [0.2, 0.25) is 0 Å². The summed E-state index contributed by atoms with van der Waals surface area (Å²) in [6, 6.07) is 5.13. The molecule has 0 fully saturated rings. The monoisotopic (exact) mass is 362 g/mol. The van der Waals surface area contributed by atoms with Gasteiger partial charge in [0.25, 0.3) is 0 Å². The second-order valence-corrected chi connectivity index (χ2v) is 5.34. The van der Waals surface area contributed by atoms with Gasteiger partial charge in [-0.1, -0.05) is 6.07 Å². The van der Waals surface area contributed by atoms with Crippen molar-refractivity contribution in [3.8, 4) is 0 Å². The molecular weight excluding hydrogens is 343 g/mol. The lowest BCUT2D eigenvalue weighted by Gasteiger charge is -2.13. The van der Waals surface area contributed by atoms with Crippen molar-refractivity contribution in [1.29, 1.82) is 0 Å². The van der Waals surface area contributed by atoms with Crippen molar-refractivity contribution in [2.75, 3.05) is 35.6 Å². The maximum Gasteiger partial charge on any atom is 0.411 e. The molecule has 23 heavy (non-hydrogen) atoms. The Morgan fingerprint density at radius 1 is 0.957 bits per heavy atom. The van der Waals surface area contributed by atoms with E-state index in [1.165, 1.54) is 0 Å². The van der Waals surface area contributed by atoms with Gasteiger partial charge in [0.1, 0.15) is 0 Å². The summed E-state index contributed by atoms with van der Waals surface area (Å²) < 4.78 is 9.94. The molecule has 2 N–H and O–H groups in total. The van der Waals surface area contributed by atoms with E-state index in [1.54, 1.807) is 25.1 Å². The smallest absolute Gasteiger partial charge is 0.411 e. The van der Waals surface area contributed by atoms with Crippen LogP contribution >= 0.6 is 23.2 Å². The summed E-state index contributed by atoms with van der Waals surface area (Å²) in [4.78, 5) is 23.3. The first-order chi connectivity index (χ1) is 11.1. The number of hydrogen-bond acceptors (Lipinski definition) is 4. The van der Waals surface area contributed by atoms with E-state index >= 15 is 0 Å². The number of carbonyl (C=O) groups is 2. The van der Waals surface area contributed by atoms with Gasteiger partial charge in [-0.05, 0) is 37.5 Å². The third-order valence-corrected chi connectivity index (χ3v) is 3.36. The van der Waals surface area contributed by atoms with E-state index in [0.29, 0.717) is 41.5 Å². The molecule has 0 bridgehead atoms. The first-order valence-corrected chi connectivity index (χ1v) is 8.24. The normalized spacial score (nSPS) is 10.0. The Morgan fingerprint density at radius 2 is 1.39 bits per heavy atom. The van der Waals surface area contributed by atoms with Gasteiger partial charge in [-0.25, -0.2) is 9.59 Å². The topological polar surface area (TPSA) is 76.7 Å². The second kappa shape index (κ2) is 11.0. The average molecular weight is 363 g/mol. The Hall–Kier alpha value is -1.66. The summed E-state index contributed by atoms with van der Waals surface area (Å²) in [6.45, 7) is 2.27. The third kappa shape index (κ3) is 7.43. The fourth-order valence-corrected chi connectivity index (χ4v) is 1.86. The lowest BCUT2D eigenvalue weighted by Crippen LogP contribution is -2.18. The lowest BCUT2D eigenvalue weighted by atomic mass is 10.1.